The summed E-state index contributed by atoms with van der Waals surface area (Å²) >= 11 is 0. The quantitative estimate of drug-likeness (QED) is 0.670. The fourth-order valence-corrected chi connectivity index (χ4v) is 4.37. The Labute approximate surface area is 163 Å². The first-order valence-electron chi connectivity index (χ1n) is 9.66. The van der Waals surface area contributed by atoms with E-state index < -0.39 is 0 Å². The van der Waals surface area contributed by atoms with Crippen LogP contribution >= 0.6 is 0 Å². The van der Waals surface area contributed by atoms with E-state index in [1.807, 2.05) is 24.3 Å². The molecule has 1 atom stereocenters. The third-order valence-electron chi connectivity index (χ3n) is 5.91. The number of allylic oxidation sites excluding steroid dienone is 6. The molecule has 0 saturated heterocycles. The fraction of sp³-hybridized carbons (Fsp3) is 0.375. The van der Waals surface area contributed by atoms with E-state index in [2.05, 4.69) is 40.3 Å². The van der Waals surface area contributed by atoms with Gasteiger partial charge >= 0.3 is 0 Å². The molecular formula is C24H31N3. The molecule has 2 aliphatic rings. The first-order chi connectivity index (χ1) is 12.8. The molecule has 0 bridgehead atoms. The van der Waals surface area contributed by atoms with Crippen molar-refractivity contribution in [2.75, 3.05) is 5.73 Å². The molecule has 0 amide bonds. The largest absolute Gasteiger partial charge is 0.404 e. The van der Waals surface area contributed by atoms with Crippen molar-refractivity contribution in [3.05, 3.63) is 76.7 Å². The molecule has 3 heteroatoms. The highest BCUT2D eigenvalue weighted by Crippen LogP contribution is 2.45. The Morgan fingerprint density at radius 1 is 1.26 bits per heavy atom. The zero-order chi connectivity index (χ0) is 19.8. The van der Waals surface area contributed by atoms with Gasteiger partial charge in [0.2, 0.25) is 0 Å². The zero-order valence-electron chi connectivity index (χ0n) is 17.0. The molecule has 1 saturated carbocycles. The van der Waals surface area contributed by atoms with Gasteiger partial charge in [0.05, 0.1) is 0 Å². The number of nitrogen functional groups attached to an aromatic ring is 1. The second-order valence-corrected chi connectivity index (χ2v) is 8.47. The normalized spacial score (nSPS) is 31.5. The predicted octanol–water partition coefficient (Wildman–Crippen LogP) is 5.64. The molecule has 0 aromatic heterocycles. The summed E-state index contributed by atoms with van der Waals surface area (Å²) in [6.45, 7) is 13.0. The van der Waals surface area contributed by atoms with Gasteiger partial charge in [0, 0.05) is 23.0 Å². The first kappa shape index (κ1) is 19.2. The maximum atomic E-state index is 6.21. The molecule has 4 N–H and O–H groups in total. The minimum atomic E-state index is -0.0150. The van der Waals surface area contributed by atoms with Crippen LogP contribution in [0.15, 0.2) is 76.1 Å². The van der Waals surface area contributed by atoms with Crippen LogP contribution in [0.3, 0.4) is 0 Å². The Balaban J connectivity index is 2.29. The van der Waals surface area contributed by atoms with Crippen LogP contribution in [-0.4, -0.2) is 5.71 Å². The van der Waals surface area contributed by atoms with E-state index >= 15 is 0 Å². The van der Waals surface area contributed by atoms with Crippen LogP contribution < -0.4 is 11.5 Å². The topological polar surface area (TPSA) is 64.4 Å². The lowest BCUT2D eigenvalue weighted by molar-refractivity contribution is 0.329. The van der Waals surface area contributed by atoms with Crippen LogP contribution in [-0.2, 0) is 0 Å². The van der Waals surface area contributed by atoms with Gasteiger partial charge in [-0.2, -0.15) is 0 Å². The Morgan fingerprint density at radius 2 is 2.00 bits per heavy atom. The molecule has 1 fully saturated rings. The van der Waals surface area contributed by atoms with Crippen molar-refractivity contribution < 1.29 is 0 Å². The van der Waals surface area contributed by atoms with Crippen molar-refractivity contribution in [1.29, 1.82) is 0 Å². The lowest BCUT2D eigenvalue weighted by Gasteiger charge is -2.36. The van der Waals surface area contributed by atoms with Gasteiger partial charge in [0.1, 0.15) is 0 Å². The lowest BCUT2D eigenvalue weighted by Crippen LogP contribution is -2.26. The van der Waals surface area contributed by atoms with Gasteiger partial charge in [-0.15, -0.1) is 0 Å². The van der Waals surface area contributed by atoms with E-state index in [-0.39, 0.29) is 11.3 Å². The van der Waals surface area contributed by atoms with Crippen molar-refractivity contribution in [2.45, 2.75) is 52.9 Å². The van der Waals surface area contributed by atoms with E-state index in [0.29, 0.717) is 0 Å². The summed E-state index contributed by atoms with van der Waals surface area (Å²) in [5.41, 5.74) is 21.5. The molecule has 142 valence electrons. The summed E-state index contributed by atoms with van der Waals surface area (Å²) in [6, 6.07) is 8.04. The number of aliphatic imine (C=N–C) groups is 1. The Kier molecular flexibility index (Phi) is 5.14. The van der Waals surface area contributed by atoms with Crippen molar-refractivity contribution in [2.24, 2.45) is 16.1 Å². The molecule has 0 spiro atoms. The van der Waals surface area contributed by atoms with Crippen molar-refractivity contribution >= 4 is 11.4 Å². The standard InChI is InChI=1S/C24H31N3/c1-6-19-16(3)27-22-10-11-24(4,5)13-20(22)15(2)21(14-25)23(19)17-8-7-9-18(26)12-17/h6-9,12,14,23H,1,10-11,13,25-26H2,2-5H3/b19-16-,20-15-,21-14-,27-22+. The van der Waals surface area contributed by atoms with Gasteiger partial charge in [-0.1, -0.05) is 38.6 Å². The monoisotopic (exact) mass is 361 g/mol. The maximum Gasteiger partial charge on any atom is 0.0442 e. The maximum absolute atomic E-state index is 6.21. The molecule has 1 unspecified atom stereocenters. The SMILES string of the molecule is C=C/C1=C(C)/N=C2\CCC(C)(C)C\C2=C(C)\C(=C\N)C1c1cccc(N)c1. The molecule has 1 aromatic rings. The van der Waals surface area contributed by atoms with Crippen LogP contribution in [0, 0.1) is 5.41 Å². The van der Waals surface area contributed by atoms with Crippen LogP contribution in [0.2, 0.25) is 0 Å². The average molecular weight is 362 g/mol. The van der Waals surface area contributed by atoms with Gasteiger partial charge in [0.15, 0.2) is 0 Å². The molecule has 1 aliphatic heterocycles. The fourth-order valence-electron chi connectivity index (χ4n) is 4.37. The second kappa shape index (κ2) is 7.22. The molecular weight excluding hydrogens is 330 g/mol. The number of hydrogen-bond acceptors (Lipinski definition) is 3. The molecule has 1 aromatic carbocycles. The average Bonchev–Trinajstić information content (AvgIpc) is 2.61. The highest BCUT2D eigenvalue weighted by Gasteiger charge is 2.33. The smallest absolute Gasteiger partial charge is 0.0442 e. The molecule has 3 rings (SSSR count). The number of nitrogens with zero attached hydrogens (tertiary/aromatic N) is 1. The Hall–Kier alpha value is -2.55. The van der Waals surface area contributed by atoms with E-state index in [4.69, 9.17) is 16.5 Å². The van der Waals surface area contributed by atoms with E-state index in [1.165, 1.54) is 16.9 Å². The van der Waals surface area contributed by atoms with Crippen molar-refractivity contribution in [3.8, 4) is 0 Å². The molecule has 3 nitrogen and oxygen atoms in total. The van der Waals surface area contributed by atoms with Gasteiger partial charge in [-0.05, 0) is 84.7 Å². The Morgan fingerprint density at radius 3 is 2.63 bits per heavy atom. The summed E-state index contributed by atoms with van der Waals surface area (Å²) in [5.74, 6) is -0.0150. The van der Waals surface area contributed by atoms with Crippen LogP contribution in [0.25, 0.3) is 0 Å². The number of anilines is 1. The van der Waals surface area contributed by atoms with Gasteiger partial charge in [-0.25, -0.2) is 0 Å². The first-order valence-corrected chi connectivity index (χ1v) is 9.66. The molecule has 0 radical (unpaired) electrons. The van der Waals surface area contributed by atoms with E-state index in [9.17, 15) is 0 Å². The number of rotatable bonds is 2. The molecule has 1 aliphatic carbocycles. The summed E-state index contributed by atoms with van der Waals surface area (Å²) in [7, 11) is 0. The highest BCUT2D eigenvalue weighted by atomic mass is 14.8. The van der Waals surface area contributed by atoms with Crippen molar-refractivity contribution in [1.82, 2.24) is 0 Å². The zero-order valence-corrected chi connectivity index (χ0v) is 17.0. The summed E-state index contributed by atoms with van der Waals surface area (Å²) < 4.78 is 0. The predicted molar refractivity (Wildman–Crippen MR) is 117 cm³/mol. The molecule has 27 heavy (non-hydrogen) atoms. The van der Waals surface area contributed by atoms with Crippen LogP contribution in [0.1, 0.15) is 58.4 Å². The second-order valence-electron chi connectivity index (χ2n) is 8.47. The summed E-state index contributed by atoms with van der Waals surface area (Å²) in [5, 5.41) is 0. The lowest BCUT2D eigenvalue weighted by atomic mass is 9.70. The number of fused-ring (bicyclic) bond motifs is 1. The van der Waals surface area contributed by atoms with Gasteiger partial charge < -0.3 is 11.5 Å². The van der Waals surface area contributed by atoms with Crippen LogP contribution in [0.4, 0.5) is 5.69 Å². The summed E-state index contributed by atoms with van der Waals surface area (Å²) in [6.07, 6.45) is 6.86. The minimum Gasteiger partial charge on any atom is -0.404 e. The number of nitrogens with two attached hydrogens (primary N) is 2. The van der Waals surface area contributed by atoms with Gasteiger partial charge in [0.25, 0.3) is 0 Å². The van der Waals surface area contributed by atoms with Crippen molar-refractivity contribution in [3.63, 3.8) is 0 Å². The molecule has 1 heterocycles. The summed E-state index contributed by atoms with van der Waals surface area (Å²) in [4.78, 5) is 5.06. The third kappa shape index (κ3) is 3.64. The van der Waals surface area contributed by atoms with E-state index in [0.717, 1.165) is 47.4 Å². The number of benzene rings is 1. The minimum absolute atomic E-state index is 0.0150. The number of hydrogen-bond donors (Lipinski definition) is 2. The van der Waals surface area contributed by atoms with Crippen LogP contribution in [0.5, 0.6) is 0 Å². The third-order valence-corrected chi connectivity index (χ3v) is 5.91. The van der Waals surface area contributed by atoms with E-state index in [1.54, 1.807) is 6.20 Å². The van der Waals surface area contributed by atoms with Gasteiger partial charge in [-0.3, -0.25) is 4.99 Å². The highest BCUT2D eigenvalue weighted by molar-refractivity contribution is 6.03. The Bertz CT molecular complexity index is 894.